The van der Waals surface area contributed by atoms with Gasteiger partial charge in [-0.2, -0.15) is 5.10 Å². The predicted molar refractivity (Wildman–Crippen MR) is 88.9 cm³/mol. The molecule has 0 radical (unpaired) electrons. The molecule has 21 heavy (non-hydrogen) atoms. The van der Waals surface area contributed by atoms with E-state index in [-0.39, 0.29) is 5.91 Å². The zero-order chi connectivity index (χ0) is 14.7. The first-order valence-corrected chi connectivity index (χ1v) is 8.31. The molecule has 0 aliphatic carbocycles. The summed E-state index contributed by atoms with van der Waals surface area (Å²) in [4.78, 5) is 12.8. The molecular formula is C15H12BrN3OS. The van der Waals surface area contributed by atoms with Crippen molar-refractivity contribution in [2.24, 2.45) is 0 Å². The molecule has 4 nitrogen and oxygen atoms in total. The number of rotatable bonds is 4. The number of anilines is 1. The number of halogens is 1. The van der Waals surface area contributed by atoms with Gasteiger partial charge in [0.15, 0.2) is 0 Å². The van der Waals surface area contributed by atoms with Gasteiger partial charge in [-0.1, -0.05) is 34.1 Å². The van der Waals surface area contributed by atoms with Crippen LogP contribution in [0.1, 0.15) is 15.2 Å². The summed E-state index contributed by atoms with van der Waals surface area (Å²) < 4.78 is 0. The van der Waals surface area contributed by atoms with Crippen LogP contribution in [0.25, 0.3) is 11.3 Å². The quantitative estimate of drug-likeness (QED) is 0.681. The van der Waals surface area contributed by atoms with Gasteiger partial charge in [0.25, 0.3) is 5.91 Å². The molecule has 0 saturated heterocycles. The maximum atomic E-state index is 12.1. The molecule has 1 amide bonds. The van der Waals surface area contributed by atoms with E-state index in [2.05, 4.69) is 31.4 Å². The molecule has 0 unspecified atom stereocenters. The molecule has 2 aromatic heterocycles. The number of aromatic nitrogens is 2. The van der Waals surface area contributed by atoms with E-state index in [1.807, 2.05) is 41.8 Å². The van der Waals surface area contributed by atoms with Crippen molar-refractivity contribution >= 4 is 38.9 Å². The second-order valence-corrected chi connectivity index (χ2v) is 5.92. The Kier molecular flexibility index (Phi) is 4.17. The molecule has 6 heteroatoms. The average Bonchev–Trinajstić information content (AvgIpc) is 3.18. The lowest BCUT2D eigenvalue weighted by atomic mass is 10.1. The lowest BCUT2D eigenvalue weighted by Crippen LogP contribution is -2.09. The van der Waals surface area contributed by atoms with Crippen LogP contribution in [0.4, 0.5) is 5.69 Å². The van der Waals surface area contributed by atoms with E-state index in [1.54, 1.807) is 6.20 Å². The summed E-state index contributed by atoms with van der Waals surface area (Å²) in [7, 11) is 0. The predicted octanol–water partition coefficient (Wildman–Crippen LogP) is 4.29. The number of nitrogens with zero attached hydrogens (tertiary/aromatic N) is 1. The zero-order valence-corrected chi connectivity index (χ0v) is 13.4. The number of hydrogen-bond donors (Lipinski definition) is 2. The maximum absolute atomic E-state index is 12.1. The summed E-state index contributed by atoms with van der Waals surface area (Å²) in [6.45, 7) is 0. The fourth-order valence-corrected chi connectivity index (χ4v) is 3.06. The summed E-state index contributed by atoms with van der Waals surface area (Å²) in [6.07, 6.45) is 1.79. The molecule has 2 N–H and O–H groups in total. The minimum Gasteiger partial charge on any atom is -0.321 e. The van der Waals surface area contributed by atoms with Gasteiger partial charge in [0.1, 0.15) is 0 Å². The van der Waals surface area contributed by atoms with Crippen molar-refractivity contribution in [2.75, 3.05) is 5.32 Å². The minimum absolute atomic E-state index is 0.0903. The highest BCUT2D eigenvalue weighted by Crippen LogP contribution is 2.25. The molecule has 0 atom stereocenters. The summed E-state index contributed by atoms with van der Waals surface area (Å²) in [5, 5.41) is 12.6. The number of aromatic amines is 1. The third-order valence-corrected chi connectivity index (χ3v) is 4.49. The van der Waals surface area contributed by atoms with Crippen LogP contribution in [0.5, 0.6) is 0 Å². The van der Waals surface area contributed by atoms with Crippen molar-refractivity contribution in [3.8, 4) is 11.3 Å². The normalized spacial score (nSPS) is 10.5. The van der Waals surface area contributed by atoms with Gasteiger partial charge in [0, 0.05) is 22.1 Å². The smallest absolute Gasteiger partial charge is 0.265 e. The van der Waals surface area contributed by atoms with Gasteiger partial charge in [-0.3, -0.25) is 9.89 Å². The van der Waals surface area contributed by atoms with Gasteiger partial charge in [0.2, 0.25) is 0 Å². The van der Waals surface area contributed by atoms with Crippen molar-refractivity contribution in [3.05, 3.63) is 58.4 Å². The van der Waals surface area contributed by atoms with Crippen molar-refractivity contribution in [1.82, 2.24) is 10.2 Å². The second kappa shape index (κ2) is 6.24. The Bertz CT molecular complexity index is 752. The molecule has 0 fully saturated rings. The van der Waals surface area contributed by atoms with Gasteiger partial charge in [-0.15, -0.1) is 11.3 Å². The van der Waals surface area contributed by atoms with Crippen LogP contribution in [0.15, 0.2) is 48.0 Å². The topological polar surface area (TPSA) is 57.8 Å². The number of thiophene rings is 1. The van der Waals surface area contributed by atoms with Gasteiger partial charge in [-0.05, 0) is 23.6 Å². The van der Waals surface area contributed by atoms with Crippen LogP contribution in [0.2, 0.25) is 0 Å². The van der Waals surface area contributed by atoms with Crippen LogP contribution in [-0.4, -0.2) is 16.1 Å². The van der Waals surface area contributed by atoms with Crippen molar-refractivity contribution < 1.29 is 4.79 Å². The van der Waals surface area contributed by atoms with Crippen LogP contribution >= 0.6 is 27.3 Å². The van der Waals surface area contributed by atoms with Crippen molar-refractivity contribution in [3.63, 3.8) is 0 Å². The first-order chi connectivity index (χ1) is 10.3. The number of hydrogen-bond acceptors (Lipinski definition) is 3. The summed E-state index contributed by atoms with van der Waals surface area (Å²) >= 11 is 4.87. The Labute approximate surface area is 134 Å². The lowest BCUT2D eigenvalue weighted by molar-refractivity contribution is 0.103. The number of alkyl halides is 1. The molecule has 2 heterocycles. The van der Waals surface area contributed by atoms with E-state index in [9.17, 15) is 4.79 Å². The number of nitrogens with one attached hydrogen (secondary N) is 2. The van der Waals surface area contributed by atoms with E-state index in [1.165, 1.54) is 11.3 Å². The minimum atomic E-state index is -0.0903. The summed E-state index contributed by atoms with van der Waals surface area (Å²) in [5.74, 6) is -0.0903. The van der Waals surface area contributed by atoms with Gasteiger partial charge < -0.3 is 5.32 Å². The highest BCUT2D eigenvalue weighted by Gasteiger charge is 2.10. The highest BCUT2D eigenvalue weighted by molar-refractivity contribution is 9.08. The lowest BCUT2D eigenvalue weighted by Gasteiger charge is -2.06. The molecule has 0 bridgehead atoms. The fraction of sp³-hybridized carbons (Fsp3) is 0.0667. The molecule has 0 aliphatic rings. The molecule has 106 valence electrons. The fourth-order valence-electron chi connectivity index (χ4n) is 2.02. The molecule has 0 saturated carbocycles. The first kappa shape index (κ1) is 14.0. The molecule has 3 rings (SSSR count). The third-order valence-electron chi connectivity index (χ3n) is 3.02. The third kappa shape index (κ3) is 3.06. The van der Waals surface area contributed by atoms with Gasteiger partial charge in [-0.25, -0.2) is 0 Å². The molecule has 0 spiro atoms. The van der Waals surface area contributed by atoms with E-state index in [0.717, 1.165) is 27.8 Å². The van der Waals surface area contributed by atoms with E-state index in [4.69, 9.17) is 0 Å². The number of amides is 1. The monoisotopic (exact) mass is 361 g/mol. The van der Waals surface area contributed by atoms with Crippen LogP contribution in [-0.2, 0) is 5.33 Å². The molecule has 1 aromatic carbocycles. The largest absolute Gasteiger partial charge is 0.321 e. The number of carbonyl (C=O) groups excluding carboxylic acids is 1. The first-order valence-electron chi connectivity index (χ1n) is 6.31. The molecule has 3 aromatic rings. The van der Waals surface area contributed by atoms with E-state index >= 15 is 0 Å². The SMILES string of the molecule is O=C(Nc1cccc(-c2[nH]ncc2CBr)c1)c1cccs1. The second-order valence-electron chi connectivity index (χ2n) is 4.42. The average molecular weight is 362 g/mol. The molecular weight excluding hydrogens is 350 g/mol. The van der Waals surface area contributed by atoms with Gasteiger partial charge in [0.05, 0.1) is 16.8 Å². The Hall–Kier alpha value is -1.92. The Balaban J connectivity index is 1.85. The number of benzene rings is 1. The van der Waals surface area contributed by atoms with Crippen molar-refractivity contribution in [2.45, 2.75) is 5.33 Å². The summed E-state index contributed by atoms with van der Waals surface area (Å²) in [6, 6.07) is 11.4. The zero-order valence-electron chi connectivity index (χ0n) is 11.0. The number of H-pyrrole nitrogens is 1. The van der Waals surface area contributed by atoms with Crippen LogP contribution in [0.3, 0.4) is 0 Å². The van der Waals surface area contributed by atoms with E-state index in [0.29, 0.717) is 4.88 Å². The standard InChI is InChI=1S/C15H12BrN3OS/c16-8-11-9-17-19-14(11)10-3-1-4-12(7-10)18-15(20)13-5-2-6-21-13/h1-7,9H,8H2,(H,17,19)(H,18,20). The molecule has 0 aliphatic heterocycles. The Morgan fingerprint density at radius 3 is 3.00 bits per heavy atom. The Morgan fingerprint density at radius 2 is 2.24 bits per heavy atom. The van der Waals surface area contributed by atoms with Crippen LogP contribution in [0, 0.1) is 0 Å². The van der Waals surface area contributed by atoms with Gasteiger partial charge >= 0.3 is 0 Å². The maximum Gasteiger partial charge on any atom is 0.265 e. The summed E-state index contributed by atoms with van der Waals surface area (Å²) in [5.41, 5.74) is 3.79. The highest BCUT2D eigenvalue weighted by atomic mass is 79.9. The van der Waals surface area contributed by atoms with E-state index < -0.39 is 0 Å². The number of carbonyl (C=O) groups is 1. The van der Waals surface area contributed by atoms with Crippen molar-refractivity contribution in [1.29, 1.82) is 0 Å². The van der Waals surface area contributed by atoms with Crippen LogP contribution < -0.4 is 5.32 Å². The Morgan fingerprint density at radius 1 is 1.33 bits per heavy atom.